The number of hydrogen-bond acceptors (Lipinski definition) is 3. The third kappa shape index (κ3) is 3.19. The lowest BCUT2D eigenvalue weighted by Gasteiger charge is -2.15. The highest BCUT2D eigenvalue weighted by molar-refractivity contribution is 7.92. The number of hydrogen-bond donors (Lipinski definition) is 1. The minimum Gasteiger partial charge on any atom is -0.312 e. The SMILES string of the molecule is CC(=O)N1CCc2cc(NS(=O)(=O)CCCl)ccc21. The Morgan fingerprint density at radius 3 is 2.84 bits per heavy atom. The summed E-state index contributed by atoms with van der Waals surface area (Å²) in [6.45, 7) is 2.16. The number of halogens is 1. The van der Waals surface area contributed by atoms with Crippen molar-refractivity contribution >= 4 is 38.9 Å². The predicted molar refractivity (Wildman–Crippen MR) is 76.3 cm³/mol. The Morgan fingerprint density at radius 2 is 2.21 bits per heavy atom. The Kier molecular flexibility index (Phi) is 4.01. The van der Waals surface area contributed by atoms with Crippen LogP contribution >= 0.6 is 11.6 Å². The Hall–Kier alpha value is -1.27. The highest BCUT2D eigenvalue weighted by Crippen LogP contribution is 2.30. The van der Waals surface area contributed by atoms with E-state index in [1.807, 2.05) is 0 Å². The number of amides is 1. The summed E-state index contributed by atoms with van der Waals surface area (Å²) in [5.41, 5.74) is 2.34. The molecule has 1 heterocycles. The Balaban J connectivity index is 2.22. The van der Waals surface area contributed by atoms with Crippen molar-refractivity contribution in [2.24, 2.45) is 0 Å². The van der Waals surface area contributed by atoms with Gasteiger partial charge in [-0.25, -0.2) is 8.42 Å². The molecule has 1 amide bonds. The van der Waals surface area contributed by atoms with Gasteiger partial charge in [-0.05, 0) is 30.2 Å². The van der Waals surface area contributed by atoms with Crippen molar-refractivity contribution in [3.8, 4) is 0 Å². The molecule has 0 radical (unpaired) electrons. The molecule has 0 aliphatic carbocycles. The van der Waals surface area contributed by atoms with Gasteiger partial charge in [0.1, 0.15) is 0 Å². The molecule has 0 saturated carbocycles. The maximum Gasteiger partial charge on any atom is 0.233 e. The van der Waals surface area contributed by atoms with Gasteiger partial charge in [-0.15, -0.1) is 11.6 Å². The molecule has 104 valence electrons. The van der Waals surface area contributed by atoms with E-state index in [1.165, 1.54) is 6.92 Å². The molecule has 2 rings (SSSR count). The second-order valence-electron chi connectivity index (χ2n) is 4.37. The van der Waals surface area contributed by atoms with Gasteiger partial charge in [0, 0.05) is 30.7 Å². The lowest BCUT2D eigenvalue weighted by Crippen LogP contribution is -2.25. The molecule has 1 N–H and O–H groups in total. The van der Waals surface area contributed by atoms with Crippen LogP contribution in [0.1, 0.15) is 12.5 Å². The van der Waals surface area contributed by atoms with Gasteiger partial charge in [-0.1, -0.05) is 0 Å². The van der Waals surface area contributed by atoms with Crippen molar-refractivity contribution in [1.29, 1.82) is 0 Å². The molecule has 0 bridgehead atoms. The highest BCUT2D eigenvalue weighted by atomic mass is 35.5. The van der Waals surface area contributed by atoms with Gasteiger partial charge in [-0.3, -0.25) is 9.52 Å². The van der Waals surface area contributed by atoms with Crippen LogP contribution in [0.2, 0.25) is 0 Å². The first-order valence-corrected chi connectivity index (χ1v) is 8.09. The van der Waals surface area contributed by atoms with Gasteiger partial charge >= 0.3 is 0 Å². The maximum atomic E-state index is 11.6. The van der Waals surface area contributed by atoms with Crippen LogP contribution < -0.4 is 9.62 Å². The molecule has 0 unspecified atom stereocenters. The summed E-state index contributed by atoms with van der Waals surface area (Å²) < 4.78 is 25.7. The fourth-order valence-electron chi connectivity index (χ4n) is 2.12. The zero-order valence-electron chi connectivity index (χ0n) is 10.5. The fourth-order valence-corrected chi connectivity index (χ4v) is 3.53. The number of alkyl halides is 1. The van der Waals surface area contributed by atoms with Crippen LogP contribution in [0.5, 0.6) is 0 Å². The molecule has 1 aliphatic rings. The van der Waals surface area contributed by atoms with Gasteiger partial charge in [0.05, 0.1) is 5.75 Å². The van der Waals surface area contributed by atoms with Crippen LogP contribution in [0.4, 0.5) is 11.4 Å². The third-order valence-corrected chi connectivity index (χ3v) is 4.68. The van der Waals surface area contributed by atoms with Gasteiger partial charge in [0.15, 0.2) is 0 Å². The Labute approximate surface area is 117 Å². The molecule has 1 aromatic rings. The topological polar surface area (TPSA) is 66.5 Å². The van der Waals surface area contributed by atoms with Crippen LogP contribution in [0.3, 0.4) is 0 Å². The lowest BCUT2D eigenvalue weighted by molar-refractivity contribution is -0.116. The second kappa shape index (κ2) is 5.38. The normalized spacial score (nSPS) is 14.3. The number of rotatable bonds is 4. The van der Waals surface area contributed by atoms with Crippen molar-refractivity contribution in [3.05, 3.63) is 23.8 Å². The van der Waals surface area contributed by atoms with Crippen LogP contribution in [-0.4, -0.2) is 32.5 Å². The average molecular weight is 303 g/mol. The molecule has 7 heteroatoms. The van der Waals surface area contributed by atoms with Crippen LogP contribution in [0.15, 0.2) is 18.2 Å². The molecule has 0 fully saturated rings. The number of carbonyl (C=O) groups is 1. The van der Waals surface area contributed by atoms with E-state index in [9.17, 15) is 13.2 Å². The van der Waals surface area contributed by atoms with E-state index in [1.54, 1.807) is 23.1 Å². The van der Waals surface area contributed by atoms with Crippen LogP contribution in [0.25, 0.3) is 0 Å². The standard InChI is InChI=1S/C12H15ClN2O3S/c1-9(16)15-6-4-10-8-11(2-3-12(10)15)14-19(17,18)7-5-13/h2-3,8,14H,4-7H2,1H3. The first-order valence-electron chi connectivity index (χ1n) is 5.90. The van der Waals surface area contributed by atoms with E-state index in [0.29, 0.717) is 12.2 Å². The summed E-state index contributed by atoms with van der Waals surface area (Å²) in [7, 11) is -3.39. The van der Waals surface area contributed by atoms with Crippen molar-refractivity contribution in [3.63, 3.8) is 0 Å². The van der Waals surface area contributed by atoms with Crippen molar-refractivity contribution in [2.75, 3.05) is 27.8 Å². The monoisotopic (exact) mass is 302 g/mol. The summed E-state index contributed by atoms with van der Waals surface area (Å²) in [6, 6.07) is 5.19. The minimum atomic E-state index is -3.39. The predicted octanol–water partition coefficient (Wildman–Crippen LogP) is 1.58. The molecular weight excluding hydrogens is 288 g/mol. The number of nitrogens with one attached hydrogen (secondary N) is 1. The Morgan fingerprint density at radius 1 is 1.47 bits per heavy atom. The minimum absolute atomic E-state index is 0.00535. The summed E-state index contributed by atoms with van der Waals surface area (Å²) in [4.78, 5) is 13.1. The number of fused-ring (bicyclic) bond motifs is 1. The zero-order valence-corrected chi connectivity index (χ0v) is 12.1. The smallest absolute Gasteiger partial charge is 0.233 e. The number of carbonyl (C=O) groups excluding carboxylic acids is 1. The Bertz CT molecular complexity index is 601. The summed E-state index contributed by atoms with van der Waals surface area (Å²) in [5.74, 6) is -0.0712. The first-order chi connectivity index (χ1) is 8.93. The molecule has 1 aliphatic heterocycles. The molecule has 0 atom stereocenters. The van der Waals surface area contributed by atoms with Crippen molar-refractivity contribution in [1.82, 2.24) is 0 Å². The number of nitrogens with zero attached hydrogens (tertiary/aromatic N) is 1. The summed E-state index contributed by atoms with van der Waals surface area (Å²) in [5, 5.41) is 0. The van der Waals surface area contributed by atoms with E-state index in [-0.39, 0.29) is 17.5 Å². The van der Waals surface area contributed by atoms with E-state index in [2.05, 4.69) is 4.72 Å². The molecule has 1 aromatic carbocycles. The fraction of sp³-hybridized carbons (Fsp3) is 0.417. The number of benzene rings is 1. The van der Waals surface area contributed by atoms with E-state index in [0.717, 1.165) is 17.7 Å². The molecular formula is C12H15ClN2O3S. The zero-order chi connectivity index (χ0) is 14.0. The molecule has 19 heavy (non-hydrogen) atoms. The number of anilines is 2. The average Bonchev–Trinajstić information content (AvgIpc) is 2.71. The maximum absolute atomic E-state index is 11.6. The largest absolute Gasteiger partial charge is 0.312 e. The quantitative estimate of drug-likeness (QED) is 0.859. The van der Waals surface area contributed by atoms with Crippen molar-refractivity contribution in [2.45, 2.75) is 13.3 Å². The first kappa shape index (κ1) is 14.1. The summed E-state index contributed by atoms with van der Waals surface area (Å²) in [6.07, 6.45) is 0.736. The van der Waals surface area contributed by atoms with Gasteiger partial charge in [-0.2, -0.15) is 0 Å². The molecule has 0 saturated heterocycles. The van der Waals surface area contributed by atoms with Crippen LogP contribution in [0, 0.1) is 0 Å². The van der Waals surface area contributed by atoms with E-state index < -0.39 is 10.0 Å². The second-order valence-corrected chi connectivity index (χ2v) is 6.59. The van der Waals surface area contributed by atoms with Gasteiger partial charge in [0.25, 0.3) is 0 Å². The van der Waals surface area contributed by atoms with Gasteiger partial charge < -0.3 is 4.90 Å². The van der Waals surface area contributed by atoms with E-state index >= 15 is 0 Å². The third-order valence-electron chi connectivity index (χ3n) is 2.97. The van der Waals surface area contributed by atoms with Crippen molar-refractivity contribution < 1.29 is 13.2 Å². The molecule has 5 nitrogen and oxygen atoms in total. The highest BCUT2D eigenvalue weighted by Gasteiger charge is 2.22. The molecule has 0 spiro atoms. The van der Waals surface area contributed by atoms with E-state index in [4.69, 9.17) is 11.6 Å². The van der Waals surface area contributed by atoms with Crippen LogP contribution in [-0.2, 0) is 21.2 Å². The summed E-state index contributed by atoms with van der Waals surface area (Å²) >= 11 is 5.44. The molecule has 0 aromatic heterocycles. The lowest BCUT2D eigenvalue weighted by atomic mass is 10.1. The number of sulfonamides is 1. The van der Waals surface area contributed by atoms with Gasteiger partial charge in [0.2, 0.25) is 15.9 Å².